The second-order valence-electron chi connectivity index (χ2n) is 3.73. The van der Waals surface area contributed by atoms with Crippen LogP contribution in [-0.4, -0.2) is 35.7 Å². The average Bonchev–Trinajstić information content (AvgIpc) is 2.52. The molecular weight excluding hydrogens is 292 g/mol. The Morgan fingerprint density at radius 2 is 1.25 bits per heavy atom. The molecule has 0 aromatic carbocycles. The highest BCUT2D eigenvalue weighted by molar-refractivity contribution is 7.98. The zero-order chi connectivity index (χ0) is 14.2. The molecule has 2 aromatic heterocycles. The van der Waals surface area contributed by atoms with E-state index in [1.54, 1.807) is 23.5 Å². The van der Waals surface area contributed by atoms with Gasteiger partial charge in [-0.25, -0.2) is 9.97 Å². The van der Waals surface area contributed by atoms with E-state index >= 15 is 0 Å². The van der Waals surface area contributed by atoms with Gasteiger partial charge in [-0.1, -0.05) is 12.1 Å². The van der Waals surface area contributed by atoms with E-state index in [0.29, 0.717) is 25.0 Å². The smallest absolute Gasteiger partial charge is 0.214 e. The number of aromatic nitrogens is 2. The van der Waals surface area contributed by atoms with Crippen molar-refractivity contribution in [3.8, 4) is 11.8 Å². The van der Waals surface area contributed by atoms with E-state index in [2.05, 4.69) is 9.97 Å². The van der Waals surface area contributed by atoms with Gasteiger partial charge in [0.05, 0.1) is 10.1 Å². The zero-order valence-electron chi connectivity index (χ0n) is 11.4. The fraction of sp³-hybridized carbons (Fsp3) is 0.286. The summed E-state index contributed by atoms with van der Waals surface area (Å²) in [6, 6.07) is 11.4. The van der Waals surface area contributed by atoms with Crippen molar-refractivity contribution in [3.05, 3.63) is 36.4 Å². The van der Waals surface area contributed by atoms with Crippen LogP contribution in [0.25, 0.3) is 0 Å². The van der Waals surface area contributed by atoms with Crippen LogP contribution in [0.3, 0.4) is 0 Å². The first-order valence-corrected chi connectivity index (χ1v) is 8.54. The number of nitrogens with zero attached hydrogens (tertiary/aromatic N) is 2. The largest absolute Gasteiger partial charge is 0.474 e. The van der Waals surface area contributed by atoms with Crippen LogP contribution in [0.1, 0.15) is 0 Å². The molecule has 4 nitrogen and oxygen atoms in total. The summed E-state index contributed by atoms with van der Waals surface area (Å²) in [6.07, 6.45) is 3.97. The van der Waals surface area contributed by atoms with Crippen LogP contribution in [-0.2, 0) is 0 Å². The van der Waals surface area contributed by atoms with Gasteiger partial charge in [0, 0.05) is 12.1 Å². The minimum Gasteiger partial charge on any atom is -0.474 e. The lowest BCUT2D eigenvalue weighted by Gasteiger charge is -2.08. The molecule has 0 unspecified atom stereocenters. The molecule has 6 heteroatoms. The first kappa shape index (κ1) is 15.0. The summed E-state index contributed by atoms with van der Waals surface area (Å²) < 4.78 is 11.1. The lowest BCUT2D eigenvalue weighted by Crippen LogP contribution is -2.10. The molecule has 0 spiro atoms. The quantitative estimate of drug-likeness (QED) is 0.577. The Bertz CT molecular complexity index is 503. The third kappa shape index (κ3) is 4.61. The van der Waals surface area contributed by atoms with Crippen LogP contribution in [0, 0.1) is 0 Å². The van der Waals surface area contributed by atoms with Crippen molar-refractivity contribution in [1.29, 1.82) is 0 Å². The van der Waals surface area contributed by atoms with Crippen molar-refractivity contribution in [3.63, 3.8) is 0 Å². The van der Waals surface area contributed by atoms with Gasteiger partial charge in [0.15, 0.2) is 0 Å². The molecule has 0 aliphatic rings. The van der Waals surface area contributed by atoms with Gasteiger partial charge < -0.3 is 9.47 Å². The molecule has 2 rings (SSSR count). The third-order valence-corrected chi connectivity index (χ3v) is 3.69. The molecule has 0 N–H and O–H groups in total. The second-order valence-corrected chi connectivity index (χ2v) is 5.39. The lowest BCUT2D eigenvalue weighted by molar-refractivity contribution is 0.205. The normalized spacial score (nSPS) is 10.3. The maximum absolute atomic E-state index is 5.54. The molecule has 2 aromatic rings. The Balaban J connectivity index is 1.78. The van der Waals surface area contributed by atoms with Crippen molar-refractivity contribution in [2.24, 2.45) is 0 Å². The van der Waals surface area contributed by atoms with Crippen LogP contribution in [0.15, 0.2) is 46.5 Å². The van der Waals surface area contributed by atoms with Crippen LogP contribution in [0.2, 0.25) is 0 Å². The van der Waals surface area contributed by atoms with Gasteiger partial charge in [-0.2, -0.15) is 0 Å². The Morgan fingerprint density at radius 1 is 0.800 bits per heavy atom. The van der Waals surface area contributed by atoms with E-state index in [0.717, 1.165) is 10.1 Å². The maximum Gasteiger partial charge on any atom is 0.214 e. The summed E-state index contributed by atoms with van der Waals surface area (Å²) in [4.78, 5) is 8.66. The predicted octanol–water partition coefficient (Wildman–Crippen LogP) is 3.38. The van der Waals surface area contributed by atoms with E-state index in [9.17, 15) is 0 Å². The maximum atomic E-state index is 5.54. The van der Waals surface area contributed by atoms with Gasteiger partial charge in [0.1, 0.15) is 13.2 Å². The molecule has 20 heavy (non-hydrogen) atoms. The van der Waals surface area contributed by atoms with Gasteiger partial charge in [-0.3, -0.25) is 0 Å². The minimum atomic E-state index is 0.440. The molecule has 2 heterocycles. The van der Waals surface area contributed by atoms with Crippen molar-refractivity contribution in [2.45, 2.75) is 10.1 Å². The van der Waals surface area contributed by atoms with E-state index < -0.39 is 0 Å². The topological polar surface area (TPSA) is 44.2 Å². The monoisotopic (exact) mass is 308 g/mol. The van der Waals surface area contributed by atoms with Crippen molar-refractivity contribution < 1.29 is 9.47 Å². The number of ether oxygens (including phenoxy) is 2. The Labute approximate surface area is 127 Å². The van der Waals surface area contributed by atoms with Crippen LogP contribution >= 0.6 is 23.5 Å². The fourth-order valence-corrected chi connectivity index (χ4v) is 2.26. The SMILES string of the molecule is CSc1cccc(OCCOc2cccc(SC)n2)n1. The van der Waals surface area contributed by atoms with Crippen molar-refractivity contribution in [2.75, 3.05) is 25.7 Å². The predicted molar refractivity (Wildman–Crippen MR) is 83.0 cm³/mol. The molecule has 106 valence electrons. The molecule has 0 fully saturated rings. The van der Waals surface area contributed by atoms with Gasteiger partial charge in [-0.05, 0) is 24.6 Å². The van der Waals surface area contributed by atoms with Gasteiger partial charge >= 0.3 is 0 Å². The zero-order valence-corrected chi connectivity index (χ0v) is 13.0. The molecule has 0 aliphatic carbocycles. The van der Waals surface area contributed by atoms with Crippen LogP contribution in [0.5, 0.6) is 11.8 Å². The van der Waals surface area contributed by atoms with Crippen molar-refractivity contribution in [1.82, 2.24) is 9.97 Å². The molecular formula is C14H16N2O2S2. The Morgan fingerprint density at radius 3 is 1.65 bits per heavy atom. The molecule has 0 saturated carbocycles. The number of hydrogen-bond donors (Lipinski definition) is 0. The summed E-state index contributed by atoms with van der Waals surface area (Å²) in [5.74, 6) is 1.23. The lowest BCUT2D eigenvalue weighted by atomic mass is 10.5. The Kier molecular flexibility index (Phi) is 6.01. The number of thioether (sulfide) groups is 2. The number of pyridine rings is 2. The van der Waals surface area contributed by atoms with Crippen LogP contribution < -0.4 is 9.47 Å². The second kappa shape index (κ2) is 8.01. The van der Waals surface area contributed by atoms with Gasteiger partial charge in [0.25, 0.3) is 0 Å². The first-order chi connectivity index (χ1) is 9.81. The standard InChI is InChI=1S/C14H16N2O2S2/c1-19-13-7-3-5-11(15-13)17-9-10-18-12-6-4-8-14(16-12)20-2/h3-8H,9-10H2,1-2H3. The highest BCUT2D eigenvalue weighted by atomic mass is 32.2. The highest BCUT2D eigenvalue weighted by Crippen LogP contribution is 2.16. The first-order valence-electron chi connectivity index (χ1n) is 6.09. The molecule has 0 bridgehead atoms. The molecule has 0 amide bonds. The van der Waals surface area contributed by atoms with E-state index in [1.165, 1.54) is 0 Å². The van der Waals surface area contributed by atoms with Gasteiger partial charge in [-0.15, -0.1) is 23.5 Å². The average molecular weight is 308 g/mol. The van der Waals surface area contributed by atoms with Crippen LogP contribution in [0.4, 0.5) is 0 Å². The Hall–Kier alpha value is -1.40. The van der Waals surface area contributed by atoms with Gasteiger partial charge in [0.2, 0.25) is 11.8 Å². The molecule has 0 radical (unpaired) electrons. The van der Waals surface area contributed by atoms with Crippen molar-refractivity contribution >= 4 is 23.5 Å². The summed E-state index contributed by atoms with van der Waals surface area (Å²) in [7, 11) is 0. The summed E-state index contributed by atoms with van der Waals surface area (Å²) >= 11 is 3.18. The fourth-order valence-electron chi connectivity index (χ4n) is 1.47. The summed E-state index contributed by atoms with van der Waals surface area (Å²) in [6.45, 7) is 0.881. The highest BCUT2D eigenvalue weighted by Gasteiger charge is 2.00. The number of hydrogen-bond acceptors (Lipinski definition) is 6. The molecule has 0 aliphatic heterocycles. The summed E-state index contributed by atoms with van der Waals surface area (Å²) in [5.41, 5.74) is 0. The van der Waals surface area contributed by atoms with E-state index in [4.69, 9.17) is 9.47 Å². The number of rotatable bonds is 7. The molecule has 0 atom stereocenters. The molecule has 0 saturated heterocycles. The minimum absolute atomic E-state index is 0.440. The van der Waals surface area contributed by atoms with E-state index in [1.807, 2.05) is 48.9 Å². The van der Waals surface area contributed by atoms with E-state index in [-0.39, 0.29) is 0 Å². The third-order valence-electron chi connectivity index (χ3n) is 2.40. The summed E-state index contributed by atoms with van der Waals surface area (Å²) in [5, 5.41) is 1.88.